The Morgan fingerprint density at radius 2 is 2.00 bits per heavy atom. The van der Waals surface area contributed by atoms with Gasteiger partial charge in [0.05, 0.1) is 0 Å². The second-order valence-electron chi connectivity index (χ2n) is 0.724. The van der Waals surface area contributed by atoms with Gasteiger partial charge in [0.1, 0.15) is 0 Å². The Hall–Kier alpha value is 1.53. The van der Waals surface area contributed by atoms with E-state index in [9.17, 15) is 0 Å². The van der Waals surface area contributed by atoms with Crippen LogP contribution >= 0.6 is 0 Å². The van der Waals surface area contributed by atoms with Crippen molar-refractivity contribution in [1.82, 2.24) is 0 Å². The number of hydrogen-bond acceptors (Lipinski definition) is 1. The molecule has 1 N–H and O–H groups in total. The molecule has 5 heavy (non-hydrogen) atoms. The quantitative estimate of drug-likeness (QED) is 0.600. The summed E-state index contributed by atoms with van der Waals surface area (Å²) < 4.78 is 0. The fourth-order valence-electron chi connectivity index (χ4n) is 0. The van der Waals surface area contributed by atoms with Crippen LogP contribution in [0, 0.1) is 0 Å². The van der Waals surface area contributed by atoms with Crippen molar-refractivity contribution in [3.05, 3.63) is 0 Å². The van der Waals surface area contributed by atoms with Crippen molar-refractivity contribution in [1.29, 1.82) is 0 Å². The summed E-state index contributed by atoms with van der Waals surface area (Å²) in [5.74, 6) is 0. The van der Waals surface area contributed by atoms with Crippen molar-refractivity contribution < 1.29 is 7.96 Å². The molecule has 0 aliphatic rings. The zero-order valence-corrected chi connectivity index (χ0v) is 8.01. The average Bonchev–Trinajstić information content (AvgIpc) is 1.37. The minimum Gasteiger partial charge on any atom is -1.00 e. The molecule has 0 saturated heterocycles. The van der Waals surface area contributed by atoms with Crippen LogP contribution in [0.15, 0.2) is 0 Å². The van der Waals surface area contributed by atoms with Crippen LogP contribution < -0.4 is 0 Å². The van der Waals surface area contributed by atoms with E-state index in [1.54, 1.807) is 0 Å². The van der Waals surface area contributed by atoms with Gasteiger partial charge in [-0.1, -0.05) is 6.92 Å². The molecule has 0 spiro atoms. The third-order valence-corrected chi connectivity index (χ3v) is 0.224. The molecular formula is C3H10BaO. The van der Waals surface area contributed by atoms with Gasteiger partial charge in [-0.15, -0.1) is 0 Å². The van der Waals surface area contributed by atoms with Gasteiger partial charge in [0, 0.05) is 6.61 Å². The van der Waals surface area contributed by atoms with Gasteiger partial charge in [-0.2, -0.15) is 0 Å². The van der Waals surface area contributed by atoms with E-state index in [2.05, 4.69) is 0 Å². The number of hydrogen-bond donors (Lipinski definition) is 1. The zero-order valence-electron chi connectivity index (χ0n) is 5.57. The van der Waals surface area contributed by atoms with Crippen molar-refractivity contribution in [2.24, 2.45) is 0 Å². The van der Waals surface area contributed by atoms with Crippen molar-refractivity contribution in [3.8, 4) is 0 Å². The van der Waals surface area contributed by atoms with Gasteiger partial charge in [-0.25, -0.2) is 0 Å². The summed E-state index contributed by atoms with van der Waals surface area (Å²) in [6, 6.07) is 0. The molecule has 0 fully saturated rings. The maximum atomic E-state index is 7.88. The smallest absolute Gasteiger partial charge is 1.00 e. The summed E-state index contributed by atoms with van der Waals surface area (Å²) in [7, 11) is 0. The molecule has 30 valence electrons. The monoisotopic (exact) mass is 200 g/mol. The Balaban J connectivity index is -0.0000000150. The van der Waals surface area contributed by atoms with Gasteiger partial charge in [-0.3, -0.25) is 0 Å². The number of aliphatic hydroxyl groups is 1. The van der Waals surface area contributed by atoms with Crippen LogP contribution in [-0.2, 0) is 0 Å². The van der Waals surface area contributed by atoms with Gasteiger partial charge in [0.25, 0.3) is 0 Å². The minimum atomic E-state index is 0. The Morgan fingerprint density at radius 3 is 2.00 bits per heavy atom. The molecule has 0 radical (unpaired) electrons. The van der Waals surface area contributed by atoms with Crippen LogP contribution in [0.4, 0.5) is 0 Å². The largest absolute Gasteiger partial charge is 2.00 e. The molecular weight excluding hydrogens is 189 g/mol. The third kappa shape index (κ3) is 10.8. The van der Waals surface area contributed by atoms with Crippen LogP contribution in [0.2, 0.25) is 0 Å². The average molecular weight is 199 g/mol. The Kier molecular flexibility index (Phi) is 17.7. The van der Waals surface area contributed by atoms with Crippen molar-refractivity contribution >= 4 is 48.9 Å². The maximum absolute atomic E-state index is 7.88. The molecule has 0 saturated carbocycles. The van der Waals surface area contributed by atoms with Crippen LogP contribution in [-0.4, -0.2) is 60.6 Å². The molecule has 0 aliphatic carbocycles. The summed E-state index contributed by atoms with van der Waals surface area (Å²) in [4.78, 5) is 0. The molecule has 0 aromatic heterocycles. The molecule has 0 aromatic carbocycles. The van der Waals surface area contributed by atoms with Gasteiger partial charge >= 0.3 is 48.9 Å². The first-order chi connectivity index (χ1) is 1.91. The van der Waals surface area contributed by atoms with Gasteiger partial charge in [0.15, 0.2) is 0 Å². The summed E-state index contributed by atoms with van der Waals surface area (Å²) in [5.41, 5.74) is 0. The minimum absolute atomic E-state index is 0. The van der Waals surface area contributed by atoms with Crippen molar-refractivity contribution in [2.75, 3.05) is 6.61 Å². The molecule has 0 aliphatic heterocycles. The second-order valence-corrected chi connectivity index (χ2v) is 0.724. The van der Waals surface area contributed by atoms with E-state index in [4.69, 9.17) is 5.11 Å². The van der Waals surface area contributed by atoms with E-state index in [1.165, 1.54) is 0 Å². The van der Waals surface area contributed by atoms with Crippen molar-refractivity contribution in [3.63, 3.8) is 0 Å². The van der Waals surface area contributed by atoms with Gasteiger partial charge in [0.2, 0.25) is 0 Å². The maximum Gasteiger partial charge on any atom is 2.00 e. The fourth-order valence-corrected chi connectivity index (χ4v) is 0. The molecule has 2 heteroatoms. The molecule has 1 nitrogen and oxygen atoms in total. The van der Waals surface area contributed by atoms with Crippen molar-refractivity contribution in [2.45, 2.75) is 13.3 Å². The number of rotatable bonds is 1. The van der Waals surface area contributed by atoms with E-state index in [0.717, 1.165) is 6.42 Å². The molecule has 0 unspecified atom stereocenters. The normalized spacial score (nSPS) is 6.00. The molecule has 0 aromatic rings. The predicted octanol–water partition coefficient (Wildman–Crippen LogP) is 0.233. The van der Waals surface area contributed by atoms with Crippen LogP contribution in [0.25, 0.3) is 0 Å². The molecule has 0 atom stereocenters. The van der Waals surface area contributed by atoms with E-state index < -0.39 is 0 Å². The van der Waals surface area contributed by atoms with Gasteiger partial charge in [-0.05, 0) is 6.42 Å². The van der Waals surface area contributed by atoms with Gasteiger partial charge < -0.3 is 7.96 Å². The number of aliphatic hydroxyl groups excluding tert-OH is 1. The predicted molar refractivity (Wildman–Crippen MR) is 25.4 cm³/mol. The van der Waals surface area contributed by atoms with E-state index in [-0.39, 0.29) is 51.7 Å². The third-order valence-electron chi connectivity index (χ3n) is 0.224. The standard InChI is InChI=1S/C3H8O.Ba.2H/c1-2-3-4;;;/h4H,2-3H2,1H3;;;/q;+2;2*-1. The van der Waals surface area contributed by atoms with Crippen LogP contribution in [0.3, 0.4) is 0 Å². The Labute approximate surface area is 75.8 Å². The Morgan fingerprint density at radius 1 is 1.80 bits per heavy atom. The first kappa shape index (κ1) is 9.73. The van der Waals surface area contributed by atoms with Crippen LogP contribution in [0.5, 0.6) is 0 Å². The summed E-state index contributed by atoms with van der Waals surface area (Å²) in [6.07, 6.45) is 0.875. The SMILES string of the molecule is CCCO.[Ba+2].[H-].[H-]. The summed E-state index contributed by atoms with van der Waals surface area (Å²) >= 11 is 0. The first-order valence-corrected chi connectivity index (χ1v) is 1.52. The summed E-state index contributed by atoms with van der Waals surface area (Å²) in [5, 5.41) is 7.88. The second kappa shape index (κ2) is 9.11. The van der Waals surface area contributed by atoms with E-state index in [0.29, 0.717) is 6.61 Å². The molecule has 0 bridgehead atoms. The van der Waals surface area contributed by atoms with E-state index >= 15 is 0 Å². The summed E-state index contributed by atoms with van der Waals surface area (Å²) in [6.45, 7) is 2.25. The zero-order chi connectivity index (χ0) is 3.41. The topological polar surface area (TPSA) is 20.2 Å². The fraction of sp³-hybridized carbons (Fsp3) is 1.00. The molecule has 0 heterocycles. The van der Waals surface area contributed by atoms with Crippen LogP contribution in [0.1, 0.15) is 16.2 Å². The first-order valence-electron chi connectivity index (χ1n) is 1.52. The van der Waals surface area contributed by atoms with E-state index in [1.807, 2.05) is 6.92 Å². The Bertz CT molecular complexity index is 14.9. The molecule has 0 rings (SSSR count). The molecule has 0 amide bonds.